The second-order valence-electron chi connectivity index (χ2n) is 6.19. The van der Waals surface area contributed by atoms with E-state index in [1.165, 1.54) is 24.3 Å². The molecule has 0 spiro atoms. The third-order valence-corrected chi connectivity index (χ3v) is 4.90. The fourth-order valence-electron chi connectivity index (χ4n) is 3.02. The lowest BCUT2D eigenvalue weighted by atomic mass is 10.1. The Labute approximate surface area is 175 Å². The van der Waals surface area contributed by atoms with Crippen LogP contribution in [0.25, 0.3) is 11.8 Å². The van der Waals surface area contributed by atoms with Crippen molar-refractivity contribution in [1.29, 1.82) is 0 Å². The maximum absolute atomic E-state index is 13.0. The monoisotopic (exact) mass is 425 g/mol. The van der Waals surface area contributed by atoms with Gasteiger partial charge in [-0.2, -0.15) is 0 Å². The summed E-state index contributed by atoms with van der Waals surface area (Å²) in [5.74, 6) is -1.55. The van der Waals surface area contributed by atoms with E-state index in [1.54, 1.807) is 12.1 Å². The zero-order chi connectivity index (χ0) is 20.5. The van der Waals surface area contributed by atoms with Crippen LogP contribution in [0.5, 0.6) is 0 Å². The highest BCUT2D eigenvalue weighted by atomic mass is 35.5. The fraction of sp³-hybridized carbons (Fsp3) is 0. The summed E-state index contributed by atoms with van der Waals surface area (Å²) < 4.78 is 1.82. The topological polar surface area (TPSA) is 71.4 Å². The molecular weight excluding hydrogens is 413 g/mol. The highest BCUT2D eigenvalue weighted by molar-refractivity contribution is 6.42. The van der Waals surface area contributed by atoms with Crippen molar-refractivity contribution in [3.8, 4) is 5.69 Å². The molecule has 4 amide bonds. The summed E-state index contributed by atoms with van der Waals surface area (Å²) in [6, 6.07) is 16.5. The van der Waals surface area contributed by atoms with Crippen molar-refractivity contribution < 1.29 is 14.4 Å². The molecule has 0 bridgehead atoms. The third kappa shape index (κ3) is 3.55. The van der Waals surface area contributed by atoms with Crippen LogP contribution in [-0.2, 0) is 9.59 Å². The summed E-state index contributed by atoms with van der Waals surface area (Å²) in [6.45, 7) is 0. The van der Waals surface area contributed by atoms with Crippen molar-refractivity contribution in [3.05, 3.63) is 88.2 Å². The minimum atomic E-state index is -0.875. The number of rotatable bonds is 3. The number of para-hydroxylation sites is 1. The molecule has 144 valence electrons. The second kappa shape index (κ2) is 7.58. The summed E-state index contributed by atoms with van der Waals surface area (Å²) in [6.07, 6.45) is 3.25. The van der Waals surface area contributed by atoms with Crippen LogP contribution in [0.1, 0.15) is 5.69 Å². The Balaban J connectivity index is 1.77. The highest BCUT2D eigenvalue weighted by Crippen LogP contribution is 2.31. The number of anilines is 1. The average Bonchev–Trinajstić information content (AvgIpc) is 3.15. The first-order valence-electron chi connectivity index (χ1n) is 8.55. The first kappa shape index (κ1) is 19.0. The summed E-state index contributed by atoms with van der Waals surface area (Å²) in [7, 11) is 0. The standard InChI is InChI=1S/C21H13Cl2N3O3/c22-13-8-9-18(17(23)11-13)26-20(28)16(19(27)24-21(26)29)12-15-7-4-10-25(15)14-5-2-1-3-6-14/h1-12H,(H,24,27,29). The smallest absolute Gasteiger partial charge is 0.317 e. The molecule has 1 fully saturated rings. The molecule has 1 saturated heterocycles. The van der Waals surface area contributed by atoms with Crippen LogP contribution in [0, 0.1) is 0 Å². The molecule has 1 aromatic heterocycles. The lowest BCUT2D eigenvalue weighted by molar-refractivity contribution is -0.122. The molecule has 0 aliphatic carbocycles. The minimum Gasteiger partial charge on any atom is -0.317 e. The number of halogens is 2. The Morgan fingerprint density at radius 2 is 1.66 bits per heavy atom. The van der Waals surface area contributed by atoms with Gasteiger partial charge in [-0.25, -0.2) is 9.69 Å². The van der Waals surface area contributed by atoms with Crippen LogP contribution < -0.4 is 10.2 Å². The normalized spacial score (nSPS) is 15.7. The molecule has 0 saturated carbocycles. The lowest BCUT2D eigenvalue weighted by Gasteiger charge is -2.27. The van der Waals surface area contributed by atoms with Crippen LogP contribution in [-0.4, -0.2) is 22.4 Å². The van der Waals surface area contributed by atoms with E-state index in [1.807, 2.05) is 41.1 Å². The van der Waals surface area contributed by atoms with Crippen LogP contribution in [0.4, 0.5) is 10.5 Å². The van der Waals surface area contributed by atoms with Gasteiger partial charge in [-0.15, -0.1) is 0 Å². The number of carbonyl (C=O) groups excluding carboxylic acids is 3. The Kier molecular flexibility index (Phi) is 4.96. The van der Waals surface area contributed by atoms with Gasteiger partial charge in [0.15, 0.2) is 0 Å². The van der Waals surface area contributed by atoms with E-state index in [4.69, 9.17) is 23.2 Å². The van der Waals surface area contributed by atoms with E-state index in [0.29, 0.717) is 10.7 Å². The first-order chi connectivity index (χ1) is 14.0. The predicted octanol–water partition coefficient (Wildman–Crippen LogP) is 4.45. The van der Waals surface area contributed by atoms with Crippen molar-refractivity contribution in [3.63, 3.8) is 0 Å². The maximum atomic E-state index is 13.0. The molecule has 3 aromatic rings. The van der Waals surface area contributed by atoms with E-state index >= 15 is 0 Å². The number of amides is 4. The van der Waals surface area contributed by atoms with Gasteiger partial charge in [0.25, 0.3) is 11.8 Å². The van der Waals surface area contributed by atoms with Gasteiger partial charge < -0.3 is 4.57 Å². The van der Waals surface area contributed by atoms with Gasteiger partial charge in [0.1, 0.15) is 5.57 Å². The van der Waals surface area contributed by atoms with E-state index in [9.17, 15) is 14.4 Å². The number of carbonyl (C=O) groups is 3. The van der Waals surface area contributed by atoms with E-state index in [-0.39, 0.29) is 16.3 Å². The Morgan fingerprint density at radius 1 is 0.897 bits per heavy atom. The predicted molar refractivity (Wildman–Crippen MR) is 111 cm³/mol. The van der Waals surface area contributed by atoms with Crippen LogP contribution >= 0.6 is 23.2 Å². The molecule has 0 radical (unpaired) electrons. The number of benzene rings is 2. The molecule has 8 heteroatoms. The molecule has 2 heterocycles. The highest BCUT2D eigenvalue weighted by Gasteiger charge is 2.37. The number of hydrogen-bond acceptors (Lipinski definition) is 3. The van der Waals surface area contributed by atoms with E-state index < -0.39 is 17.8 Å². The fourth-order valence-corrected chi connectivity index (χ4v) is 3.52. The minimum absolute atomic E-state index is 0.113. The molecule has 1 aliphatic heterocycles. The summed E-state index contributed by atoms with van der Waals surface area (Å²) in [5.41, 5.74) is 1.41. The zero-order valence-electron chi connectivity index (χ0n) is 14.8. The molecule has 1 aliphatic rings. The third-order valence-electron chi connectivity index (χ3n) is 4.36. The van der Waals surface area contributed by atoms with Crippen molar-refractivity contribution in [1.82, 2.24) is 9.88 Å². The Hall–Kier alpha value is -3.35. The van der Waals surface area contributed by atoms with Crippen molar-refractivity contribution in [2.24, 2.45) is 0 Å². The number of hydrogen-bond donors (Lipinski definition) is 1. The summed E-state index contributed by atoms with van der Waals surface area (Å²) >= 11 is 12.1. The molecule has 29 heavy (non-hydrogen) atoms. The molecule has 1 N–H and O–H groups in total. The maximum Gasteiger partial charge on any atom is 0.335 e. The van der Waals surface area contributed by atoms with Gasteiger partial charge in [-0.1, -0.05) is 41.4 Å². The Bertz CT molecular complexity index is 1170. The molecule has 4 rings (SSSR count). The molecule has 0 atom stereocenters. The van der Waals surface area contributed by atoms with Gasteiger partial charge in [-0.05, 0) is 48.5 Å². The molecule has 0 unspecified atom stereocenters. The quantitative estimate of drug-likeness (QED) is 0.497. The average molecular weight is 426 g/mol. The number of aromatic nitrogens is 1. The summed E-state index contributed by atoms with van der Waals surface area (Å²) in [5, 5.41) is 2.65. The molecule has 2 aromatic carbocycles. The SMILES string of the molecule is O=C1NC(=O)N(c2ccc(Cl)cc2Cl)C(=O)C1=Cc1cccn1-c1ccccc1. The molecular formula is C21H13Cl2N3O3. The molecule has 6 nitrogen and oxygen atoms in total. The number of urea groups is 1. The van der Waals surface area contributed by atoms with Crippen molar-refractivity contribution in [2.45, 2.75) is 0 Å². The Morgan fingerprint density at radius 3 is 2.38 bits per heavy atom. The number of barbiturate groups is 1. The largest absolute Gasteiger partial charge is 0.335 e. The van der Waals surface area contributed by atoms with Crippen LogP contribution in [0.2, 0.25) is 10.0 Å². The lowest BCUT2D eigenvalue weighted by Crippen LogP contribution is -2.54. The van der Waals surface area contributed by atoms with Gasteiger partial charge in [-0.3, -0.25) is 14.9 Å². The van der Waals surface area contributed by atoms with Crippen LogP contribution in [0.15, 0.2) is 72.4 Å². The first-order valence-corrected chi connectivity index (χ1v) is 9.30. The summed E-state index contributed by atoms with van der Waals surface area (Å²) in [4.78, 5) is 38.6. The van der Waals surface area contributed by atoms with E-state index in [0.717, 1.165) is 10.6 Å². The second-order valence-corrected chi connectivity index (χ2v) is 7.04. The van der Waals surface area contributed by atoms with Gasteiger partial charge in [0.2, 0.25) is 0 Å². The van der Waals surface area contributed by atoms with E-state index in [2.05, 4.69) is 5.32 Å². The van der Waals surface area contributed by atoms with Crippen LogP contribution in [0.3, 0.4) is 0 Å². The van der Waals surface area contributed by atoms with Crippen molar-refractivity contribution >= 4 is 52.8 Å². The van der Waals surface area contributed by atoms with Crippen molar-refractivity contribution in [2.75, 3.05) is 4.90 Å². The van der Waals surface area contributed by atoms with Gasteiger partial charge >= 0.3 is 6.03 Å². The number of nitrogens with one attached hydrogen (secondary N) is 1. The zero-order valence-corrected chi connectivity index (χ0v) is 16.3. The number of imide groups is 2. The van der Waals surface area contributed by atoms with Gasteiger partial charge in [0, 0.05) is 22.6 Å². The van der Waals surface area contributed by atoms with Gasteiger partial charge in [0.05, 0.1) is 10.7 Å². The number of nitrogens with zero attached hydrogens (tertiary/aromatic N) is 2.